The predicted molar refractivity (Wildman–Crippen MR) is 80.6 cm³/mol. The van der Waals surface area contributed by atoms with Crippen LogP contribution in [0.25, 0.3) is 23.2 Å². The second kappa shape index (κ2) is 4.94. The molecule has 1 aliphatic carbocycles. The summed E-state index contributed by atoms with van der Waals surface area (Å²) >= 11 is 0. The molecule has 0 spiro atoms. The summed E-state index contributed by atoms with van der Waals surface area (Å²) in [6, 6.07) is 7.93. The van der Waals surface area contributed by atoms with Crippen molar-refractivity contribution < 1.29 is 0 Å². The molecule has 0 N–H and O–H groups in total. The van der Waals surface area contributed by atoms with E-state index in [0.29, 0.717) is 6.54 Å². The van der Waals surface area contributed by atoms with Gasteiger partial charge in [-0.2, -0.15) is 0 Å². The van der Waals surface area contributed by atoms with Gasteiger partial charge in [-0.3, -0.25) is 0 Å². The fourth-order valence-electron chi connectivity index (χ4n) is 2.52. The molecule has 5 nitrogen and oxygen atoms in total. The first kappa shape index (κ1) is 12.0. The molecule has 3 aromatic rings. The summed E-state index contributed by atoms with van der Waals surface area (Å²) in [7, 11) is 0. The number of hydrogen-bond donors (Lipinski definition) is 0. The van der Waals surface area contributed by atoms with E-state index < -0.39 is 0 Å². The molecule has 21 heavy (non-hydrogen) atoms. The van der Waals surface area contributed by atoms with Crippen molar-refractivity contribution in [2.75, 3.05) is 0 Å². The molecule has 5 heteroatoms. The van der Waals surface area contributed by atoms with E-state index in [4.69, 9.17) is 0 Å². The van der Waals surface area contributed by atoms with Gasteiger partial charge in [0.1, 0.15) is 11.8 Å². The Morgan fingerprint density at radius 3 is 3.10 bits per heavy atom. The lowest BCUT2D eigenvalue weighted by molar-refractivity contribution is 0.652. The average Bonchev–Trinajstić information content (AvgIpc) is 2.77. The molecule has 0 saturated carbocycles. The van der Waals surface area contributed by atoms with E-state index in [1.807, 2.05) is 28.9 Å². The quantitative estimate of drug-likeness (QED) is 0.694. The van der Waals surface area contributed by atoms with Crippen LogP contribution in [0.4, 0.5) is 0 Å². The highest BCUT2D eigenvalue weighted by Gasteiger charge is 2.07. The standard InChI is InChI=1S/C16H13N5/c1-2-6-12-13(7-3-1)17-11-18-15(12)10-21-16-9-5-4-8-14(16)19-20-21/h1-2,4-9,11H,3,10H2. The topological polar surface area (TPSA) is 56.5 Å². The highest BCUT2D eigenvalue weighted by Crippen LogP contribution is 2.10. The van der Waals surface area contributed by atoms with Crippen molar-refractivity contribution in [1.29, 1.82) is 0 Å². The van der Waals surface area contributed by atoms with Crippen LogP contribution < -0.4 is 10.6 Å². The van der Waals surface area contributed by atoms with Gasteiger partial charge < -0.3 is 0 Å². The molecule has 0 saturated heterocycles. The first-order valence-electron chi connectivity index (χ1n) is 6.87. The maximum atomic E-state index is 4.43. The van der Waals surface area contributed by atoms with E-state index in [-0.39, 0.29) is 0 Å². The van der Waals surface area contributed by atoms with E-state index in [0.717, 1.165) is 33.7 Å². The molecule has 2 heterocycles. The van der Waals surface area contributed by atoms with Gasteiger partial charge in [-0.05, 0) is 18.6 Å². The minimum atomic E-state index is 0.587. The third-order valence-corrected chi connectivity index (χ3v) is 3.56. The van der Waals surface area contributed by atoms with Gasteiger partial charge in [0, 0.05) is 5.22 Å². The molecule has 1 aromatic carbocycles. The fourth-order valence-corrected chi connectivity index (χ4v) is 2.52. The van der Waals surface area contributed by atoms with Crippen LogP contribution in [-0.4, -0.2) is 25.0 Å². The number of nitrogens with zero attached hydrogens (tertiary/aromatic N) is 5. The summed E-state index contributed by atoms with van der Waals surface area (Å²) in [4.78, 5) is 8.78. The number of hydrogen-bond acceptors (Lipinski definition) is 4. The van der Waals surface area contributed by atoms with E-state index in [2.05, 4.69) is 44.6 Å². The molecule has 0 bridgehead atoms. The van der Waals surface area contributed by atoms with Crippen LogP contribution in [0.1, 0.15) is 12.1 Å². The number of aromatic nitrogens is 5. The second-order valence-corrected chi connectivity index (χ2v) is 4.89. The van der Waals surface area contributed by atoms with Crippen molar-refractivity contribution in [2.45, 2.75) is 13.0 Å². The summed E-state index contributed by atoms with van der Waals surface area (Å²) in [5.74, 6) is 0. The minimum absolute atomic E-state index is 0.587. The highest BCUT2D eigenvalue weighted by atomic mass is 15.4. The summed E-state index contributed by atoms with van der Waals surface area (Å²) in [6.07, 6.45) is 10.8. The molecule has 102 valence electrons. The van der Waals surface area contributed by atoms with Crippen LogP contribution in [0.5, 0.6) is 0 Å². The molecule has 2 aromatic heterocycles. The summed E-state index contributed by atoms with van der Waals surface area (Å²) < 4.78 is 1.88. The van der Waals surface area contributed by atoms with Crippen molar-refractivity contribution in [3.63, 3.8) is 0 Å². The lowest BCUT2D eigenvalue weighted by Crippen LogP contribution is -2.33. The van der Waals surface area contributed by atoms with Gasteiger partial charge in [0.25, 0.3) is 0 Å². The molecule has 0 amide bonds. The normalized spacial score (nSPS) is 13.3. The lowest BCUT2D eigenvalue weighted by atomic mass is 10.2. The van der Waals surface area contributed by atoms with Crippen LogP contribution in [-0.2, 0) is 6.54 Å². The Morgan fingerprint density at radius 1 is 1.14 bits per heavy atom. The van der Waals surface area contributed by atoms with Gasteiger partial charge in [-0.25, -0.2) is 14.6 Å². The molecule has 0 aliphatic heterocycles. The SMILES string of the molecule is C1=CCC=c2ncnc(Cn3nnc4ccccc43)c2=C1. The third-order valence-electron chi connectivity index (χ3n) is 3.56. The van der Waals surface area contributed by atoms with E-state index in [1.165, 1.54) is 0 Å². The number of fused-ring (bicyclic) bond motifs is 2. The lowest BCUT2D eigenvalue weighted by Gasteiger charge is -2.03. The largest absolute Gasteiger partial charge is 0.239 e. The maximum Gasteiger partial charge on any atom is 0.116 e. The monoisotopic (exact) mass is 275 g/mol. The third kappa shape index (κ3) is 2.12. The van der Waals surface area contributed by atoms with Gasteiger partial charge >= 0.3 is 0 Å². The predicted octanol–water partition coefficient (Wildman–Crippen LogP) is 0.790. The van der Waals surface area contributed by atoms with Crippen molar-refractivity contribution in [2.24, 2.45) is 0 Å². The Balaban J connectivity index is 1.86. The van der Waals surface area contributed by atoms with Gasteiger partial charge in [-0.1, -0.05) is 41.7 Å². The second-order valence-electron chi connectivity index (χ2n) is 4.89. The summed E-state index contributed by atoms with van der Waals surface area (Å²) in [5.41, 5.74) is 2.87. The van der Waals surface area contributed by atoms with Crippen LogP contribution in [0.3, 0.4) is 0 Å². The molecule has 4 rings (SSSR count). The van der Waals surface area contributed by atoms with Gasteiger partial charge in [-0.15, -0.1) is 5.10 Å². The van der Waals surface area contributed by atoms with Gasteiger partial charge in [0.05, 0.1) is 23.1 Å². The molecule has 1 aliphatic rings. The van der Waals surface area contributed by atoms with Crippen LogP contribution in [0.15, 0.2) is 42.7 Å². The average molecular weight is 275 g/mol. The van der Waals surface area contributed by atoms with Crippen LogP contribution in [0, 0.1) is 0 Å². The Kier molecular flexibility index (Phi) is 2.81. The van der Waals surface area contributed by atoms with Gasteiger partial charge in [0.2, 0.25) is 0 Å². The van der Waals surface area contributed by atoms with Crippen molar-refractivity contribution in [1.82, 2.24) is 25.0 Å². The number of allylic oxidation sites excluding steroid dienone is 2. The Bertz CT molecular complexity index is 952. The highest BCUT2D eigenvalue weighted by molar-refractivity contribution is 5.73. The first-order chi connectivity index (χ1) is 10.4. The molecular formula is C16H13N5. The zero-order chi connectivity index (χ0) is 14.1. The summed E-state index contributed by atoms with van der Waals surface area (Å²) in [6.45, 7) is 0.587. The van der Waals surface area contributed by atoms with Crippen molar-refractivity contribution in [3.8, 4) is 0 Å². The van der Waals surface area contributed by atoms with E-state index >= 15 is 0 Å². The number of benzene rings is 1. The Hall–Kier alpha value is -2.82. The van der Waals surface area contributed by atoms with Gasteiger partial charge in [0.15, 0.2) is 0 Å². The van der Waals surface area contributed by atoms with Crippen molar-refractivity contribution in [3.05, 3.63) is 59.0 Å². The van der Waals surface area contributed by atoms with E-state index in [9.17, 15) is 0 Å². The van der Waals surface area contributed by atoms with Crippen LogP contribution >= 0.6 is 0 Å². The zero-order valence-corrected chi connectivity index (χ0v) is 11.3. The summed E-state index contributed by atoms with van der Waals surface area (Å²) in [5, 5.41) is 10.5. The Labute approximate surface area is 121 Å². The smallest absolute Gasteiger partial charge is 0.116 e. The molecular weight excluding hydrogens is 262 g/mol. The molecule has 0 atom stereocenters. The first-order valence-corrected chi connectivity index (χ1v) is 6.87. The van der Waals surface area contributed by atoms with E-state index in [1.54, 1.807) is 6.33 Å². The van der Waals surface area contributed by atoms with Crippen LogP contribution in [0.2, 0.25) is 0 Å². The Morgan fingerprint density at radius 2 is 2.10 bits per heavy atom. The minimum Gasteiger partial charge on any atom is -0.239 e. The molecule has 0 fully saturated rings. The number of rotatable bonds is 2. The zero-order valence-electron chi connectivity index (χ0n) is 11.3. The molecule has 0 unspecified atom stereocenters. The fraction of sp³-hybridized carbons (Fsp3) is 0.125. The van der Waals surface area contributed by atoms with Crippen molar-refractivity contribution >= 4 is 23.2 Å². The number of para-hydroxylation sites is 1. The molecule has 0 radical (unpaired) electrons. The maximum absolute atomic E-state index is 4.43.